The average Bonchev–Trinajstić information content (AvgIpc) is 2.30. The number of morpholine rings is 1. The molecule has 1 fully saturated rings. The van der Waals surface area contributed by atoms with E-state index in [1.54, 1.807) is 6.07 Å². The lowest BCUT2D eigenvalue weighted by Crippen LogP contribution is -2.34. The molecule has 0 aromatic heterocycles. The first kappa shape index (κ1) is 13.8. The second kappa shape index (κ2) is 5.86. The SMILES string of the molecule is Cl.O=C(O)c1cc([C@H]2COCCN2)ccc1O. The molecule has 3 N–H and O–H groups in total. The van der Waals surface area contributed by atoms with Crippen molar-refractivity contribution in [3.05, 3.63) is 29.3 Å². The molecule has 1 aliphatic rings. The summed E-state index contributed by atoms with van der Waals surface area (Å²) in [6.45, 7) is 1.93. The predicted octanol–water partition coefficient (Wildman–Crippen LogP) is 1.17. The summed E-state index contributed by atoms with van der Waals surface area (Å²) in [5.74, 6) is -1.34. The second-order valence-corrected chi connectivity index (χ2v) is 3.66. The molecule has 2 rings (SSSR count). The molecule has 0 amide bonds. The molecular formula is C11H14ClNO4. The van der Waals surface area contributed by atoms with Crippen molar-refractivity contribution in [2.24, 2.45) is 0 Å². The number of phenols is 1. The zero-order valence-electron chi connectivity index (χ0n) is 9.05. The Morgan fingerprint density at radius 1 is 1.47 bits per heavy atom. The summed E-state index contributed by atoms with van der Waals surface area (Å²) >= 11 is 0. The largest absolute Gasteiger partial charge is 0.507 e. The van der Waals surface area contributed by atoms with Crippen molar-refractivity contribution < 1.29 is 19.7 Å². The lowest BCUT2D eigenvalue weighted by Gasteiger charge is -2.24. The third-order valence-corrected chi connectivity index (χ3v) is 2.58. The van der Waals surface area contributed by atoms with Gasteiger partial charge in [-0.05, 0) is 17.7 Å². The van der Waals surface area contributed by atoms with Crippen molar-refractivity contribution in [3.8, 4) is 5.75 Å². The third-order valence-electron chi connectivity index (χ3n) is 2.58. The van der Waals surface area contributed by atoms with E-state index >= 15 is 0 Å². The lowest BCUT2D eigenvalue weighted by atomic mass is 10.0. The molecule has 0 saturated carbocycles. The highest BCUT2D eigenvalue weighted by Crippen LogP contribution is 2.23. The number of hydrogen-bond acceptors (Lipinski definition) is 4. The molecule has 0 bridgehead atoms. The van der Waals surface area contributed by atoms with Gasteiger partial charge in [0.2, 0.25) is 0 Å². The van der Waals surface area contributed by atoms with E-state index in [1.807, 2.05) is 0 Å². The Hall–Kier alpha value is -1.30. The van der Waals surface area contributed by atoms with Gasteiger partial charge in [-0.3, -0.25) is 0 Å². The van der Waals surface area contributed by atoms with Gasteiger partial charge in [0, 0.05) is 6.54 Å². The Morgan fingerprint density at radius 2 is 2.24 bits per heavy atom. The van der Waals surface area contributed by atoms with Gasteiger partial charge >= 0.3 is 5.97 Å². The van der Waals surface area contributed by atoms with Crippen LogP contribution in [0.15, 0.2) is 18.2 Å². The second-order valence-electron chi connectivity index (χ2n) is 3.66. The number of nitrogens with one attached hydrogen (secondary N) is 1. The molecule has 1 heterocycles. The minimum absolute atomic E-state index is 0. The topological polar surface area (TPSA) is 78.8 Å². The molecule has 1 aliphatic heterocycles. The van der Waals surface area contributed by atoms with Gasteiger partial charge in [0.05, 0.1) is 19.3 Å². The van der Waals surface area contributed by atoms with Crippen LogP contribution < -0.4 is 5.32 Å². The van der Waals surface area contributed by atoms with Crippen molar-refractivity contribution in [2.75, 3.05) is 19.8 Å². The molecule has 1 aromatic rings. The van der Waals surface area contributed by atoms with Crippen LogP contribution in [0.4, 0.5) is 0 Å². The number of hydrogen-bond donors (Lipinski definition) is 3. The Labute approximate surface area is 105 Å². The normalized spacial score (nSPS) is 19.4. The highest BCUT2D eigenvalue weighted by Gasteiger charge is 2.18. The zero-order valence-corrected chi connectivity index (χ0v) is 9.87. The third kappa shape index (κ3) is 3.09. The smallest absolute Gasteiger partial charge is 0.339 e. The van der Waals surface area contributed by atoms with E-state index < -0.39 is 5.97 Å². The van der Waals surface area contributed by atoms with Gasteiger partial charge in [0.1, 0.15) is 11.3 Å². The minimum Gasteiger partial charge on any atom is -0.507 e. The Kier molecular flexibility index (Phi) is 4.74. The summed E-state index contributed by atoms with van der Waals surface area (Å²) in [5.41, 5.74) is 0.736. The standard InChI is InChI=1S/C11H13NO4.ClH/c13-10-2-1-7(5-8(10)11(14)15)9-6-16-4-3-12-9;/h1-2,5,9,12-13H,3-4,6H2,(H,14,15);1H/t9-;/m1./s1. The van der Waals surface area contributed by atoms with E-state index in [1.165, 1.54) is 12.1 Å². The number of benzene rings is 1. The minimum atomic E-state index is -1.13. The molecule has 1 atom stereocenters. The molecule has 94 valence electrons. The van der Waals surface area contributed by atoms with Crippen molar-refractivity contribution in [1.82, 2.24) is 5.32 Å². The van der Waals surface area contributed by atoms with Crippen LogP contribution in [0.2, 0.25) is 0 Å². The van der Waals surface area contributed by atoms with Crippen LogP contribution in [0.5, 0.6) is 5.75 Å². The molecule has 0 spiro atoms. The van der Waals surface area contributed by atoms with E-state index in [2.05, 4.69) is 5.32 Å². The van der Waals surface area contributed by atoms with Gasteiger partial charge in [-0.25, -0.2) is 4.79 Å². The number of carbonyl (C=O) groups is 1. The van der Waals surface area contributed by atoms with Crippen LogP contribution in [-0.4, -0.2) is 35.9 Å². The summed E-state index contributed by atoms with van der Waals surface area (Å²) in [7, 11) is 0. The molecule has 6 heteroatoms. The summed E-state index contributed by atoms with van der Waals surface area (Å²) in [4.78, 5) is 10.8. The number of carboxylic acids is 1. The maximum Gasteiger partial charge on any atom is 0.339 e. The highest BCUT2D eigenvalue weighted by atomic mass is 35.5. The number of rotatable bonds is 2. The van der Waals surface area contributed by atoms with E-state index in [0.29, 0.717) is 13.2 Å². The van der Waals surface area contributed by atoms with Gasteiger partial charge in [-0.2, -0.15) is 0 Å². The Balaban J connectivity index is 0.00000144. The summed E-state index contributed by atoms with van der Waals surface area (Å²) in [6.07, 6.45) is 0. The first-order chi connectivity index (χ1) is 7.68. The Bertz CT molecular complexity index is 404. The van der Waals surface area contributed by atoms with Crippen molar-refractivity contribution in [1.29, 1.82) is 0 Å². The number of aromatic carboxylic acids is 1. The van der Waals surface area contributed by atoms with Crippen LogP contribution >= 0.6 is 12.4 Å². The predicted molar refractivity (Wildman–Crippen MR) is 63.9 cm³/mol. The van der Waals surface area contributed by atoms with Crippen LogP contribution in [0.25, 0.3) is 0 Å². The van der Waals surface area contributed by atoms with Crippen LogP contribution in [0, 0.1) is 0 Å². The first-order valence-electron chi connectivity index (χ1n) is 5.06. The fourth-order valence-electron chi connectivity index (χ4n) is 1.72. The number of aromatic hydroxyl groups is 1. The van der Waals surface area contributed by atoms with Crippen LogP contribution in [0.3, 0.4) is 0 Å². The molecule has 17 heavy (non-hydrogen) atoms. The fraction of sp³-hybridized carbons (Fsp3) is 0.364. The van der Waals surface area contributed by atoms with Crippen molar-refractivity contribution in [2.45, 2.75) is 6.04 Å². The monoisotopic (exact) mass is 259 g/mol. The molecule has 0 unspecified atom stereocenters. The van der Waals surface area contributed by atoms with Gasteiger partial charge in [0.25, 0.3) is 0 Å². The van der Waals surface area contributed by atoms with Crippen LogP contribution in [-0.2, 0) is 4.74 Å². The van der Waals surface area contributed by atoms with E-state index in [9.17, 15) is 9.90 Å². The van der Waals surface area contributed by atoms with Crippen LogP contribution in [0.1, 0.15) is 22.0 Å². The number of halogens is 1. The van der Waals surface area contributed by atoms with E-state index in [4.69, 9.17) is 9.84 Å². The molecule has 0 aliphatic carbocycles. The summed E-state index contributed by atoms with van der Waals surface area (Å²) < 4.78 is 5.29. The number of ether oxygens (including phenoxy) is 1. The highest BCUT2D eigenvalue weighted by molar-refractivity contribution is 5.90. The molecular weight excluding hydrogens is 246 g/mol. The lowest BCUT2D eigenvalue weighted by molar-refractivity contribution is 0.0690. The van der Waals surface area contributed by atoms with Gasteiger partial charge in [-0.15, -0.1) is 12.4 Å². The summed E-state index contributed by atoms with van der Waals surface area (Å²) in [5, 5.41) is 21.5. The first-order valence-corrected chi connectivity index (χ1v) is 5.06. The zero-order chi connectivity index (χ0) is 11.5. The fourth-order valence-corrected chi connectivity index (χ4v) is 1.72. The van der Waals surface area contributed by atoms with Gasteiger partial charge < -0.3 is 20.3 Å². The summed E-state index contributed by atoms with van der Waals surface area (Å²) in [6, 6.07) is 4.57. The van der Waals surface area contributed by atoms with Gasteiger partial charge in [-0.1, -0.05) is 6.07 Å². The molecule has 1 saturated heterocycles. The Morgan fingerprint density at radius 3 is 2.82 bits per heavy atom. The number of carboxylic acid groups (broad SMARTS) is 1. The van der Waals surface area contributed by atoms with E-state index in [-0.39, 0.29) is 29.8 Å². The molecule has 5 nitrogen and oxygen atoms in total. The maximum absolute atomic E-state index is 10.8. The molecule has 0 radical (unpaired) electrons. The van der Waals surface area contributed by atoms with Gasteiger partial charge in [0.15, 0.2) is 0 Å². The van der Waals surface area contributed by atoms with Crippen molar-refractivity contribution >= 4 is 18.4 Å². The van der Waals surface area contributed by atoms with E-state index in [0.717, 1.165) is 12.1 Å². The average molecular weight is 260 g/mol. The quantitative estimate of drug-likeness (QED) is 0.743. The molecule has 1 aromatic carbocycles. The van der Waals surface area contributed by atoms with Crippen molar-refractivity contribution in [3.63, 3.8) is 0 Å². The maximum atomic E-state index is 10.8.